The zero-order chi connectivity index (χ0) is 10.8. The van der Waals surface area contributed by atoms with Crippen molar-refractivity contribution in [2.75, 3.05) is 0 Å². The van der Waals surface area contributed by atoms with E-state index in [-0.39, 0.29) is 1.43 Å². The largest absolute Gasteiger partial charge is 0.360 e. The number of H-pyrrole nitrogens is 1. The molecule has 0 saturated carbocycles. The molecule has 1 N–H and O–H groups in total. The van der Waals surface area contributed by atoms with Crippen molar-refractivity contribution >= 4 is 10.9 Å². The highest BCUT2D eigenvalue weighted by Crippen LogP contribution is 2.24. The van der Waals surface area contributed by atoms with Crippen molar-refractivity contribution in [1.29, 1.82) is 5.26 Å². The number of aromatic nitrogens is 1. The number of fused-ring (bicyclic) bond motifs is 1. The van der Waals surface area contributed by atoms with E-state index in [9.17, 15) is 0 Å². The minimum absolute atomic E-state index is 0. The zero-order valence-electron chi connectivity index (χ0n) is 9.04. The monoisotopic (exact) mass is 200 g/mol. The summed E-state index contributed by atoms with van der Waals surface area (Å²) >= 11 is 0. The molecule has 0 aliphatic carbocycles. The molecule has 0 amide bonds. The van der Waals surface area contributed by atoms with E-state index in [0.29, 0.717) is 5.92 Å². The van der Waals surface area contributed by atoms with E-state index in [1.54, 1.807) is 6.20 Å². The Morgan fingerprint density at radius 3 is 3.00 bits per heavy atom. The predicted molar refractivity (Wildman–Crippen MR) is 63.8 cm³/mol. The molecule has 0 fully saturated rings. The molecule has 1 atom stereocenters. The molecule has 1 aromatic heterocycles. The second kappa shape index (κ2) is 3.78. The van der Waals surface area contributed by atoms with Crippen molar-refractivity contribution in [2.24, 2.45) is 0 Å². The smallest absolute Gasteiger partial charge is 0.101 e. The van der Waals surface area contributed by atoms with Gasteiger partial charge < -0.3 is 4.98 Å². The molecule has 2 aromatic rings. The van der Waals surface area contributed by atoms with Gasteiger partial charge in [-0.25, -0.2) is 0 Å². The van der Waals surface area contributed by atoms with E-state index in [2.05, 4.69) is 37.0 Å². The lowest BCUT2D eigenvalue weighted by Gasteiger charge is -2.08. The average Bonchev–Trinajstić information content (AvgIpc) is 2.69. The first-order valence-corrected chi connectivity index (χ1v) is 5.27. The van der Waals surface area contributed by atoms with Crippen LogP contribution in [-0.2, 0) is 0 Å². The maximum Gasteiger partial charge on any atom is 0.101 e. The van der Waals surface area contributed by atoms with Crippen LogP contribution in [0.15, 0.2) is 24.4 Å². The lowest BCUT2D eigenvalue weighted by molar-refractivity contribution is 0.734. The third-order valence-electron chi connectivity index (χ3n) is 3.01. The van der Waals surface area contributed by atoms with Crippen LogP contribution in [0.25, 0.3) is 10.9 Å². The van der Waals surface area contributed by atoms with Crippen LogP contribution in [0.3, 0.4) is 0 Å². The van der Waals surface area contributed by atoms with Crippen LogP contribution in [0.1, 0.15) is 38.7 Å². The molecule has 0 spiro atoms. The van der Waals surface area contributed by atoms with Gasteiger partial charge in [-0.05, 0) is 24.0 Å². The Kier molecular flexibility index (Phi) is 2.47. The molecule has 2 nitrogen and oxygen atoms in total. The van der Waals surface area contributed by atoms with Crippen LogP contribution in [0, 0.1) is 11.3 Å². The van der Waals surface area contributed by atoms with Crippen molar-refractivity contribution in [3.63, 3.8) is 0 Å². The number of benzene rings is 1. The van der Waals surface area contributed by atoms with Crippen LogP contribution >= 0.6 is 0 Å². The molecular weight excluding hydrogens is 184 g/mol. The highest BCUT2D eigenvalue weighted by Gasteiger charge is 2.06. The van der Waals surface area contributed by atoms with Gasteiger partial charge in [-0.15, -0.1) is 0 Å². The zero-order valence-corrected chi connectivity index (χ0v) is 9.04. The van der Waals surface area contributed by atoms with Crippen molar-refractivity contribution in [2.45, 2.75) is 26.2 Å². The van der Waals surface area contributed by atoms with Crippen LogP contribution in [0.2, 0.25) is 0 Å². The fourth-order valence-corrected chi connectivity index (χ4v) is 1.78. The Morgan fingerprint density at radius 1 is 1.53 bits per heavy atom. The van der Waals surface area contributed by atoms with Gasteiger partial charge >= 0.3 is 0 Å². The summed E-state index contributed by atoms with van der Waals surface area (Å²) in [6, 6.07) is 8.47. The molecule has 0 saturated heterocycles. The molecule has 0 aliphatic rings. The molecule has 2 heteroatoms. The van der Waals surface area contributed by atoms with Gasteiger partial charge in [0, 0.05) is 18.5 Å². The second-order valence-corrected chi connectivity index (χ2v) is 3.93. The highest BCUT2D eigenvalue weighted by atomic mass is 14.7. The Labute approximate surface area is 91.0 Å². The fraction of sp³-hybridized carbons (Fsp3) is 0.308. The van der Waals surface area contributed by atoms with Gasteiger partial charge in [-0.1, -0.05) is 26.0 Å². The highest BCUT2D eigenvalue weighted by molar-refractivity contribution is 5.86. The van der Waals surface area contributed by atoms with Gasteiger partial charge in [-0.3, -0.25) is 0 Å². The molecule has 0 bridgehead atoms. The van der Waals surface area contributed by atoms with Gasteiger partial charge in [0.15, 0.2) is 0 Å². The summed E-state index contributed by atoms with van der Waals surface area (Å²) in [5.74, 6) is 0.572. The molecule has 0 radical (unpaired) electrons. The van der Waals surface area contributed by atoms with Crippen molar-refractivity contribution < 1.29 is 1.43 Å². The Hall–Kier alpha value is -1.75. The number of rotatable bonds is 2. The van der Waals surface area contributed by atoms with Gasteiger partial charge in [0.1, 0.15) is 6.07 Å². The molecule has 15 heavy (non-hydrogen) atoms. The van der Waals surface area contributed by atoms with Crippen LogP contribution in [-0.4, -0.2) is 4.98 Å². The number of nitrogens with zero attached hydrogens (tertiary/aromatic N) is 1. The normalized spacial score (nSPS) is 12.6. The standard InChI is InChI=1S/C13H14N2.H2/c1-3-9(2)10-4-5-12-11(7-14)8-15-13(12)6-10;/h4-6,8-9,15H,3H2,1-2H3;1H. The Morgan fingerprint density at radius 2 is 2.33 bits per heavy atom. The summed E-state index contributed by atoms with van der Waals surface area (Å²) in [7, 11) is 0. The van der Waals surface area contributed by atoms with Crippen LogP contribution in [0.4, 0.5) is 0 Å². The lowest BCUT2D eigenvalue weighted by Crippen LogP contribution is -1.90. The van der Waals surface area contributed by atoms with Crippen molar-refractivity contribution in [3.8, 4) is 6.07 Å². The number of hydrogen-bond acceptors (Lipinski definition) is 1. The maximum absolute atomic E-state index is 8.88. The number of nitrogens with one attached hydrogen (secondary N) is 1. The van der Waals surface area contributed by atoms with E-state index < -0.39 is 0 Å². The quantitative estimate of drug-likeness (QED) is 0.786. The molecular formula is C13H16N2. The summed E-state index contributed by atoms with van der Waals surface area (Å²) in [5, 5.41) is 9.90. The second-order valence-electron chi connectivity index (χ2n) is 3.93. The number of hydrogen-bond donors (Lipinski definition) is 1. The van der Waals surface area contributed by atoms with E-state index in [4.69, 9.17) is 5.26 Å². The molecule has 1 heterocycles. The van der Waals surface area contributed by atoms with Gasteiger partial charge in [0.2, 0.25) is 0 Å². The first kappa shape index (κ1) is 9.79. The average molecular weight is 200 g/mol. The van der Waals surface area contributed by atoms with E-state index >= 15 is 0 Å². The summed E-state index contributed by atoms with van der Waals surface area (Å²) in [6.07, 6.45) is 2.91. The van der Waals surface area contributed by atoms with Crippen LogP contribution in [0.5, 0.6) is 0 Å². The number of aromatic amines is 1. The first-order chi connectivity index (χ1) is 7.26. The maximum atomic E-state index is 8.88. The lowest BCUT2D eigenvalue weighted by atomic mass is 9.97. The molecule has 78 valence electrons. The molecule has 2 rings (SSSR count). The summed E-state index contributed by atoms with van der Waals surface area (Å²) in [5.41, 5.74) is 3.11. The Balaban J connectivity index is 0.00000128. The third kappa shape index (κ3) is 1.61. The fourth-order valence-electron chi connectivity index (χ4n) is 1.78. The summed E-state index contributed by atoms with van der Waals surface area (Å²) in [4.78, 5) is 3.14. The molecule has 1 unspecified atom stereocenters. The van der Waals surface area contributed by atoms with Gasteiger partial charge in [0.25, 0.3) is 0 Å². The predicted octanol–water partition coefficient (Wildman–Crippen LogP) is 3.80. The van der Waals surface area contributed by atoms with Gasteiger partial charge in [0.05, 0.1) is 5.56 Å². The van der Waals surface area contributed by atoms with E-state index in [1.165, 1.54) is 5.56 Å². The van der Waals surface area contributed by atoms with Crippen molar-refractivity contribution in [3.05, 3.63) is 35.5 Å². The molecule has 0 aliphatic heterocycles. The van der Waals surface area contributed by atoms with Crippen LogP contribution < -0.4 is 0 Å². The van der Waals surface area contributed by atoms with E-state index in [0.717, 1.165) is 22.9 Å². The minimum Gasteiger partial charge on any atom is -0.360 e. The first-order valence-electron chi connectivity index (χ1n) is 5.27. The SMILES string of the molecule is CCC(C)c1ccc2c(C#N)c[nH]c2c1.[HH]. The van der Waals surface area contributed by atoms with E-state index in [1.807, 2.05) is 6.07 Å². The van der Waals surface area contributed by atoms with Gasteiger partial charge in [-0.2, -0.15) is 5.26 Å². The molecule has 1 aromatic carbocycles. The third-order valence-corrected chi connectivity index (χ3v) is 3.01. The summed E-state index contributed by atoms with van der Waals surface area (Å²) < 4.78 is 0. The number of nitriles is 1. The topological polar surface area (TPSA) is 39.6 Å². The summed E-state index contributed by atoms with van der Waals surface area (Å²) in [6.45, 7) is 4.40. The Bertz CT molecular complexity index is 522. The van der Waals surface area contributed by atoms with Crippen molar-refractivity contribution in [1.82, 2.24) is 4.98 Å². The minimum atomic E-state index is 0.